The zero-order chi connectivity index (χ0) is 13.1. The summed E-state index contributed by atoms with van der Waals surface area (Å²) in [5, 5.41) is 5.72. The number of aromatic nitrogens is 1. The fraction of sp³-hybridized carbons (Fsp3) is 0. The van der Waals surface area contributed by atoms with Gasteiger partial charge in [0.2, 0.25) is 0 Å². The Bertz CT molecular complexity index is 715. The maximum Gasteiger partial charge on any atom is 0.0390 e. The van der Waals surface area contributed by atoms with Crippen molar-refractivity contribution in [3.05, 3.63) is 73.1 Å². The van der Waals surface area contributed by atoms with Crippen molar-refractivity contribution in [1.82, 2.24) is 4.98 Å². The molecule has 1 N–H and O–H groups in total. The summed E-state index contributed by atoms with van der Waals surface area (Å²) in [7, 11) is 0. The van der Waals surface area contributed by atoms with Crippen LogP contribution in [0.3, 0.4) is 0 Å². The van der Waals surface area contributed by atoms with Gasteiger partial charge in [0.1, 0.15) is 0 Å². The number of fused-ring (bicyclic) bond motifs is 1. The molecule has 2 aromatic carbocycles. The molecule has 3 aromatic rings. The Morgan fingerprint density at radius 3 is 2.47 bits per heavy atom. The lowest BCUT2D eigenvalue weighted by molar-refractivity contribution is 1.36. The van der Waals surface area contributed by atoms with Gasteiger partial charge in [0, 0.05) is 29.2 Å². The van der Waals surface area contributed by atoms with Crippen LogP contribution >= 0.6 is 0 Å². The molecule has 0 amide bonds. The van der Waals surface area contributed by atoms with Gasteiger partial charge >= 0.3 is 0 Å². The van der Waals surface area contributed by atoms with E-state index in [4.69, 9.17) is 0 Å². The third-order valence-electron chi connectivity index (χ3n) is 3.08. The number of pyridine rings is 1. The zero-order valence-corrected chi connectivity index (χ0v) is 10.5. The Hall–Kier alpha value is -2.61. The Morgan fingerprint density at radius 2 is 1.68 bits per heavy atom. The van der Waals surface area contributed by atoms with Crippen LogP contribution in [0.5, 0.6) is 0 Å². The fourth-order valence-corrected chi connectivity index (χ4v) is 2.03. The first-order valence-electron chi connectivity index (χ1n) is 6.18. The maximum atomic E-state index is 4.12. The van der Waals surface area contributed by atoms with Gasteiger partial charge < -0.3 is 5.32 Å². The van der Waals surface area contributed by atoms with Crippen LogP contribution in [0.4, 0.5) is 11.4 Å². The van der Waals surface area contributed by atoms with Crippen LogP contribution in [0, 0.1) is 0 Å². The molecule has 0 aliphatic heterocycles. The van der Waals surface area contributed by atoms with Gasteiger partial charge in [0.15, 0.2) is 0 Å². The predicted molar refractivity (Wildman–Crippen MR) is 81.6 cm³/mol. The van der Waals surface area contributed by atoms with Crippen molar-refractivity contribution < 1.29 is 0 Å². The molecule has 0 fully saturated rings. The maximum absolute atomic E-state index is 4.12. The molecule has 0 aliphatic rings. The van der Waals surface area contributed by atoms with E-state index in [0.29, 0.717) is 0 Å². The molecule has 19 heavy (non-hydrogen) atoms. The van der Waals surface area contributed by atoms with E-state index in [1.54, 1.807) is 0 Å². The van der Waals surface area contributed by atoms with Crippen LogP contribution in [0.2, 0.25) is 0 Å². The highest BCUT2D eigenvalue weighted by atomic mass is 14.9. The topological polar surface area (TPSA) is 24.9 Å². The molecular formula is C17H14N2. The number of hydrogen-bond donors (Lipinski definition) is 1. The quantitative estimate of drug-likeness (QED) is 0.729. The minimum atomic E-state index is 1.07. The second kappa shape index (κ2) is 4.94. The molecule has 0 saturated heterocycles. The lowest BCUT2D eigenvalue weighted by atomic mass is 10.1. The summed E-state index contributed by atoms with van der Waals surface area (Å²) < 4.78 is 0. The van der Waals surface area contributed by atoms with E-state index in [1.807, 2.05) is 48.8 Å². The second-order valence-corrected chi connectivity index (χ2v) is 4.39. The Labute approximate surface area is 112 Å². The van der Waals surface area contributed by atoms with E-state index in [0.717, 1.165) is 22.3 Å². The number of hydrogen-bond acceptors (Lipinski definition) is 2. The molecule has 0 aliphatic carbocycles. The van der Waals surface area contributed by atoms with Gasteiger partial charge in [-0.25, -0.2) is 0 Å². The highest BCUT2D eigenvalue weighted by Gasteiger charge is 1.97. The highest BCUT2D eigenvalue weighted by molar-refractivity contribution is 5.85. The van der Waals surface area contributed by atoms with Crippen molar-refractivity contribution in [2.45, 2.75) is 0 Å². The molecule has 1 heterocycles. The predicted octanol–water partition coefficient (Wildman–Crippen LogP) is 4.62. The van der Waals surface area contributed by atoms with E-state index in [1.165, 1.54) is 5.39 Å². The van der Waals surface area contributed by atoms with E-state index >= 15 is 0 Å². The third kappa shape index (κ3) is 2.47. The normalized spacial score (nSPS) is 10.3. The lowest BCUT2D eigenvalue weighted by Crippen LogP contribution is -1.90. The molecule has 0 atom stereocenters. The molecule has 0 saturated carbocycles. The average molecular weight is 246 g/mol. The van der Waals surface area contributed by atoms with Gasteiger partial charge in [0.05, 0.1) is 0 Å². The Morgan fingerprint density at radius 1 is 0.895 bits per heavy atom. The van der Waals surface area contributed by atoms with Crippen LogP contribution in [0.15, 0.2) is 67.5 Å². The molecule has 3 rings (SSSR count). The molecule has 1 aromatic heterocycles. The van der Waals surface area contributed by atoms with Crippen molar-refractivity contribution in [1.29, 1.82) is 0 Å². The van der Waals surface area contributed by atoms with Gasteiger partial charge in [-0.3, -0.25) is 4.98 Å². The minimum absolute atomic E-state index is 1.07. The smallest absolute Gasteiger partial charge is 0.0390 e. The highest BCUT2D eigenvalue weighted by Crippen LogP contribution is 2.22. The van der Waals surface area contributed by atoms with Crippen LogP contribution < -0.4 is 5.32 Å². The standard InChI is InChI=1S/C17H14N2/c1-2-13-3-6-16(7-4-13)19-17-8-5-15-12-18-10-9-14(15)11-17/h2-12,19H,1H2. The average Bonchev–Trinajstić information content (AvgIpc) is 2.48. The molecule has 0 radical (unpaired) electrons. The first-order valence-corrected chi connectivity index (χ1v) is 6.18. The van der Waals surface area contributed by atoms with Crippen molar-refractivity contribution in [3.8, 4) is 0 Å². The minimum Gasteiger partial charge on any atom is -0.356 e. The summed E-state index contributed by atoms with van der Waals surface area (Å²) in [4.78, 5) is 4.12. The Balaban J connectivity index is 1.89. The number of anilines is 2. The van der Waals surface area contributed by atoms with Gasteiger partial charge in [-0.2, -0.15) is 0 Å². The summed E-state index contributed by atoms with van der Waals surface area (Å²) in [6, 6.07) is 16.5. The number of nitrogens with one attached hydrogen (secondary N) is 1. The van der Waals surface area contributed by atoms with E-state index < -0.39 is 0 Å². The van der Waals surface area contributed by atoms with Crippen LogP contribution in [0.25, 0.3) is 16.8 Å². The van der Waals surface area contributed by atoms with Gasteiger partial charge in [-0.05, 0) is 41.3 Å². The van der Waals surface area contributed by atoms with Gasteiger partial charge in [0.25, 0.3) is 0 Å². The number of rotatable bonds is 3. The summed E-state index contributed by atoms with van der Waals surface area (Å²) in [6.07, 6.45) is 5.52. The second-order valence-electron chi connectivity index (χ2n) is 4.39. The zero-order valence-electron chi connectivity index (χ0n) is 10.5. The summed E-state index contributed by atoms with van der Waals surface area (Å²) in [6.45, 7) is 3.75. The molecule has 0 bridgehead atoms. The Kier molecular flexibility index (Phi) is 2.99. The molecule has 2 heteroatoms. The van der Waals surface area contributed by atoms with Crippen molar-refractivity contribution in [3.63, 3.8) is 0 Å². The molecule has 2 nitrogen and oxygen atoms in total. The van der Waals surface area contributed by atoms with E-state index in [9.17, 15) is 0 Å². The lowest BCUT2D eigenvalue weighted by Gasteiger charge is -2.08. The monoisotopic (exact) mass is 246 g/mol. The van der Waals surface area contributed by atoms with Gasteiger partial charge in [-0.1, -0.05) is 30.9 Å². The van der Waals surface area contributed by atoms with Crippen molar-refractivity contribution in [2.75, 3.05) is 5.32 Å². The van der Waals surface area contributed by atoms with E-state index in [-0.39, 0.29) is 0 Å². The van der Waals surface area contributed by atoms with Crippen LogP contribution in [-0.2, 0) is 0 Å². The molecule has 0 spiro atoms. The van der Waals surface area contributed by atoms with Gasteiger partial charge in [-0.15, -0.1) is 0 Å². The summed E-state index contributed by atoms with van der Waals surface area (Å²) >= 11 is 0. The van der Waals surface area contributed by atoms with E-state index in [2.05, 4.69) is 35.1 Å². The number of nitrogens with zero attached hydrogens (tertiary/aromatic N) is 1. The number of benzene rings is 2. The summed E-state index contributed by atoms with van der Waals surface area (Å²) in [5.41, 5.74) is 3.26. The molecular weight excluding hydrogens is 232 g/mol. The fourth-order valence-electron chi connectivity index (χ4n) is 2.03. The van der Waals surface area contributed by atoms with Crippen LogP contribution in [0.1, 0.15) is 5.56 Å². The van der Waals surface area contributed by atoms with Crippen molar-refractivity contribution in [2.24, 2.45) is 0 Å². The molecule has 92 valence electrons. The SMILES string of the molecule is C=Cc1ccc(Nc2ccc3cnccc3c2)cc1. The largest absolute Gasteiger partial charge is 0.356 e. The third-order valence-corrected chi connectivity index (χ3v) is 3.08. The molecule has 0 unspecified atom stereocenters. The van der Waals surface area contributed by atoms with Crippen molar-refractivity contribution >= 4 is 28.2 Å². The van der Waals surface area contributed by atoms with Crippen LogP contribution in [-0.4, -0.2) is 4.98 Å². The first kappa shape index (κ1) is 11.5. The first-order chi connectivity index (χ1) is 9.35. The summed E-state index contributed by atoms with van der Waals surface area (Å²) in [5.74, 6) is 0.